The molecule has 3 amide bonds. The van der Waals surface area contributed by atoms with Gasteiger partial charge in [0.15, 0.2) is 0 Å². The van der Waals surface area contributed by atoms with Gasteiger partial charge in [-0.15, -0.1) is 0 Å². The minimum absolute atomic E-state index is 0.0704. The topological polar surface area (TPSA) is 167 Å². The van der Waals surface area contributed by atoms with Crippen molar-refractivity contribution in [3.63, 3.8) is 0 Å². The maximum atomic E-state index is 12.8. The van der Waals surface area contributed by atoms with Crippen molar-refractivity contribution in [2.24, 2.45) is 5.92 Å². The molecule has 0 bridgehead atoms. The molecule has 0 aliphatic carbocycles. The summed E-state index contributed by atoms with van der Waals surface area (Å²) in [4.78, 5) is 64.3. The SMILES string of the molecule is O=C1NC(=O)C(=Cc2ccnc(N3CCC(CNCc4cnc(-c5cccc(C(=O)NCc6ccccc6)c5)c(C(=O)O)c4)CC3)n2)S1. The van der Waals surface area contributed by atoms with E-state index in [1.165, 1.54) is 0 Å². The van der Waals surface area contributed by atoms with Crippen LogP contribution in [-0.2, 0) is 17.9 Å². The summed E-state index contributed by atoms with van der Waals surface area (Å²) in [5.74, 6) is -0.771. The molecule has 2 saturated heterocycles. The molecule has 4 aromatic rings. The predicted molar refractivity (Wildman–Crippen MR) is 182 cm³/mol. The molecule has 2 aromatic carbocycles. The van der Waals surface area contributed by atoms with Crippen molar-refractivity contribution < 1.29 is 24.3 Å². The number of aromatic nitrogens is 3. The van der Waals surface area contributed by atoms with E-state index in [1.54, 1.807) is 54.9 Å². The van der Waals surface area contributed by atoms with Crippen molar-refractivity contribution in [2.75, 3.05) is 24.5 Å². The first-order chi connectivity index (χ1) is 23.3. The number of pyridine rings is 1. The summed E-state index contributed by atoms with van der Waals surface area (Å²) >= 11 is 0.854. The normalized spacial score (nSPS) is 15.8. The van der Waals surface area contributed by atoms with Crippen LogP contribution in [0.5, 0.6) is 0 Å². The highest BCUT2D eigenvalue weighted by molar-refractivity contribution is 8.18. The molecule has 2 aliphatic heterocycles. The lowest BCUT2D eigenvalue weighted by molar-refractivity contribution is -0.115. The summed E-state index contributed by atoms with van der Waals surface area (Å²) in [6, 6.07) is 19.8. The van der Waals surface area contributed by atoms with Gasteiger partial charge in [0.1, 0.15) is 0 Å². The number of aromatic carboxylic acids is 1. The molecule has 2 aliphatic rings. The summed E-state index contributed by atoms with van der Waals surface area (Å²) in [6.07, 6.45) is 6.74. The largest absolute Gasteiger partial charge is 0.478 e. The summed E-state index contributed by atoms with van der Waals surface area (Å²) < 4.78 is 0. The number of thioether (sulfide) groups is 1. The van der Waals surface area contributed by atoms with Crippen LogP contribution in [0.25, 0.3) is 17.3 Å². The molecular weight excluding hydrogens is 630 g/mol. The number of carbonyl (C=O) groups excluding carboxylic acids is 3. The number of hydrogen-bond acceptors (Lipinski definition) is 10. The van der Waals surface area contributed by atoms with Gasteiger partial charge in [0.05, 0.1) is 21.9 Å². The lowest BCUT2D eigenvalue weighted by Gasteiger charge is -2.32. The van der Waals surface area contributed by atoms with Crippen molar-refractivity contribution >= 4 is 46.8 Å². The summed E-state index contributed by atoms with van der Waals surface area (Å²) in [6.45, 7) is 3.14. The van der Waals surface area contributed by atoms with E-state index in [1.807, 2.05) is 30.3 Å². The third kappa shape index (κ3) is 8.11. The Labute approximate surface area is 281 Å². The number of carbonyl (C=O) groups is 4. The maximum Gasteiger partial charge on any atom is 0.337 e. The Morgan fingerprint density at radius 1 is 0.979 bits per heavy atom. The first-order valence-electron chi connectivity index (χ1n) is 15.5. The van der Waals surface area contributed by atoms with Crippen LogP contribution in [0.3, 0.4) is 0 Å². The number of nitrogens with one attached hydrogen (secondary N) is 3. The van der Waals surface area contributed by atoms with Gasteiger partial charge in [-0.25, -0.2) is 14.8 Å². The zero-order valence-corrected chi connectivity index (χ0v) is 26.7. The molecule has 12 nitrogen and oxygen atoms in total. The van der Waals surface area contributed by atoms with Crippen LogP contribution < -0.4 is 20.9 Å². The molecule has 4 N–H and O–H groups in total. The Morgan fingerprint density at radius 3 is 2.54 bits per heavy atom. The van der Waals surface area contributed by atoms with Crippen LogP contribution in [0.2, 0.25) is 0 Å². The molecule has 48 heavy (non-hydrogen) atoms. The molecular formula is C35H33N7O5S. The Balaban J connectivity index is 1.02. The van der Waals surface area contributed by atoms with Gasteiger partial charge in [0.2, 0.25) is 5.95 Å². The second-order valence-corrected chi connectivity index (χ2v) is 12.5. The van der Waals surface area contributed by atoms with E-state index in [2.05, 4.69) is 35.8 Å². The van der Waals surface area contributed by atoms with Gasteiger partial charge in [-0.1, -0.05) is 42.5 Å². The van der Waals surface area contributed by atoms with Crippen LogP contribution in [0.15, 0.2) is 84.0 Å². The van der Waals surface area contributed by atoms with E-state index in [9.17, 15) is 24.3 Å². The first-order valence-corrected chi connectivity index (χ1v) is 16.3. The minimum Gasteiger partial charge on any atom is -0.478 e. The molecule has 13 heteroatoms. The average molecular weight is 664 g/mol. The first kappa shape index (κ1) is 32.5. The third-order valence-electron chi connectivity index (χ3n) is 8.11. The summed E-state index contributed by atoms with van der Waals surface area (Å²) in [7, 11) is 0. The Hall–Kier alpha value is -5.40. The standard InChI is InChI=1S/C35H33N7O5S/c43-31(39-20-22-5-2-1-3-6-22)26-8-4-7-25(16-26)30-28(33(45)46)15-24(21-38-30)19-36-18-23-10-13-42(14-11-23)34-37-12-9-27(40-34)17-29-32(44)41-35(47)48-29/h1-9,12,15-17,21,23,36H,10-11,13-14,18-20H2,(H,39,43)(H,45,46)(H,41,44,47). The van der Waals surface area contributed by atoms with E-state index < -0.39 is 17.1 Å². The smallest absolute Gasteiger partial charge is 0.337 e. The summed E-state index contributed by atoms with van der Waals surface area (Å²) in [5, 5.41) is 18.2. The van der Waals surface area contributed by atoms with Crippen molar-refractivity contribution in [1.82, 2.24) is 30.9 Å². The second kappa shape index (κ2) is 15.0. The van der Waals surface area contributed by atoms with Crippen LogP contribution >= 0.6 is 11.8 Å². The molecule has 2 aromatic heterocycles. The van der Waals surface area contributed by atoms with E-state index in [0.717, 1.165) is 55.4 Å². The van der Waals surface area contributed by atoms with Gasteiger partial charge in [0, 0.05) is 49.7 Å². The van der Waals surface area contributed by atoms with Gasteiger partial charge in [-0.2, -0.15) is 0 Å². The number of carboxylic acids is 1. The fourth-order valence-corrected chi connectivity index (χ4v) is 6.26. The van der Waals surface area contributed by atoms with Crippen molar-refractivity contribution in [2.45, 2.75) is 25.9 Å². The Bertz CT molecular complexity index is 1880. The van der Waals surface area contributed by atoms with E-state index >= 15 is 0 Å². The van der Waals surface area contributed by atoms with E-state index in [4.69, 9.17) is 0 Å². The van der Waals surface area contributed by atoms with Gasteiger partial charge in [0.25, 0.3) is 17.1 Å². The third-order valence-corrected chi connectivity index (χ3v) is 8.92. The highest BCUT2D eigenvalue weighted by atomic mass is 32.2. The van der Waals surface area contributed by atoms with Gasteiger partial charge in [-0.05, 0) is 78.5 Å². The van der Waals surface area contributed by atoms with Crippen molar-refractivity contribution in [3.8, 4) is 11.3 Å². The molecule has 4 heterocycles. The monoisotopic (exact) mass is 663 g/mol. The van der Waals surface area contributed by atoms with Gasteiger partial charge in [-0.3, -0.25) is 24.7 Å². The number of benzene rings is 2. The molecule has 0 unspecified atom stereocenters. The fraction of sp³-hybridized carbons (Fsp3) is 0.229. The molecule has 6 rings (SSSR count). The number of rotatable bonds is 11. The van der Waals surface area contributed by atoms with Gasteiger partial charge < -0.3 is 20.6 Å². The maximum absolute atomic E-state index is 12.8. The van der Waals surface area contributed by atoms with Gasteiger partial charge >= 0.3 is 5.97 Å². The van der Waals surface area contributed by atoms with Crippen molar-refractivity contribution in [1.29, 1.82) is 0 Å². The zero-order chi connectivity index (χ0) is 33.5. The number of imide groups is 1. The molecule has 0 radical (unpaired) electrons. The quantitative estimate of drug-likeness (QED) is 0.167. The van der Waals surface area contributed by atoms with Crippen LogP contribution in [0, 0.1) is 5.92 Å². The average Bonchev–Trinajstić information content (AvgIpc) is 3.43. The van der Waals surface area contributed by atoms with Crippen LogP contribution in [-0.4, -0.2) is 62.7 Å². The second-order valence-electron chi connectivity index (χ2n) is 11.5. The fourth-order valence-electron chi connectivity index (χ4n) is 5.59. The van der Waals surface area contributed by atoms with E-state index in [-0.39, 0.29) is 11.5 Å². The zero-order valence-electron chi connectivity index (χ0n) is 25.9. The lowest BCUT2D eigenvalue weighted by Crippen LogP contribution is -2.38. The number of anilines is 1. The Morgan fingerprint density at radius 2 is 1.79 bits per heavy atom. The number of amides is 3. The highest BCUT2D eigenvalue weighted by Crippen LogP contribution is 2.27. The van der Waals surface area contributed by atoms with Crippen LogP contribution in [0.1, 0.15) is 50.4 Å². The number of piperidine rings is 1. The van der Waals surface area contributed by atoms with Crippen molar-refractivity contribution in [3.05, 3.63) is 112 Å². The minimum atomic E-state index is -1.09. The molecule has 0 atom stereocenters. The number of hydrogen-bond donors (Lipinski definition) is 4. The lowest BCUT2D eigenvalue weighted by atomic mass is 9.97. The molecule has 0 spiro atoms. The van der Waals surface area contributed by atoms with Crippen LogP contribution in [0.4, 0.5) is 10.7 Å². The molecule has 244 valence electrons. The predicted octanol–water partition coefficient (Wildman–Crippen LogP) is 4.50. The van der Waals surface area contributed by atoms with E-state index in [0.29, 0.717) is 52.4 Å². The number of carboxylic acid groups (broad SMARTS) is 1. The Kier molecular flexibility index (Phi) is 10.2. The molecule has 0 saturated carbocycles. The summed E-state index contributed by atoms with van der Waals surface area (Å²) in [5.41, 5.74) is 3.64. The number of nitrogens with zero attached hydrogens (tertiary/aromatic N) is 4. The highest BCUT2D eigenvalue weighted by Gasteiger charge is 2.26. The molecule has 2 fully saturated rings.